The van der Waals surface area contributed by atoms with E-state index in [-0.39, 0.29) is 11.6 Å². The summed E-state index contributed by atoms with van der Waals surface area (Å²) in [5, 5.41) is 4.64. The molecule has 108 valence electrons. The molecule has 4 heteroatoms. The van der Waals surface area contributed by atoms with Gasteiger partial charge in [0.25, 0.3) is 0 Å². The number of likely N-dealkylation sites (N-methyl/N-ethyl adjacent to an activating group) is 2. The van der Waals surface area contributed by atoms with Gasteiger partial charge in [-0.15, -0.1) is 0 Å². The lowest BCUT2D eigenvalue weighted by molar-refractivity contribution is 0.0945. The van der Waals surface area contributed by atoms with E-state index in [0.717, 1.165) is 18.7 Å². The molecule has 0 bridgehead atoms. The van der Waals surface area contributed by atoms with Crippen molar-refractivity contribution in [1.29, 1.82) is 0 Å². The topological polar surface area (TPSA) is 15.3 Å². The normalized spacial score (nSPS) is 13.9. The van der Waals surface area contributed by atoms with Crippen molar-refractivity contribution in [2.75, 3.05) is 20.1 Å². The summed E-state index contributed by atoms with van der Waals surface area (Å²) in [6.45, 7) is 10.8. The fourth-order valence-electron chi connectivity index (χ4n) is 2.85. The molecule has 0 aromatic heterocycles. The minimum absolute atomic E-state index is 0.0490. The summed E-state index contributed by atoms with van der Waals surface area (Å²) in [6, 6.07) is 5.94. The summed E-state index contributed by atoms with van der Waals surface area (Å²) in [4.78, 5) is 2.42. The van der Waals surface area contributed by atoms with Crippen LogP contribution in [-0.4, -0.2) is 30.6 Å². The molecule has 0 saturated heterocycles. The third-order valence-electron chi connectivity index (χ3n) is 3.87. The summed E-state index contributed by atoms with van der Waals surface area (Å²) in [5.74, 6) is 0. The minimum atomic E-state index is -0.0490. The van der Waals surface area contributed by atoms with Gasteiger partial charge in [0.05, 0.1) is 16.1 Å². The Morgan fingerprint density at radius 3 is 2.26 bits per heavy atom. The zero-order valence-corrected chi connectivity index (χ0v) is 13.9. The zero-order chi connectivity index (χ0) is 14.6. The standard InChI is InChI=1S/C15H24Cl2N2/c1-6-19(7-2)15(3,4)14(18-5)11-9-8-10-12(16)13(11)17/h8-10,14,18H,6-7H2,1-5H3. The Hall–Kier alpha value is -0.280. The number of benzene rings is 1. The maximum Gasteiger partial charge on any atom is 0.0640 e. The van der Waals surface area contributed by atoms with Crippen LogP contribution in [0.2, 0.25) is 10.0 Å². The number of halogens is 2. The molecular formula is C15H24Cl2N2. The first-order valence-electron chi connectivity index (χ1n) is 6.76. The van der Waals surface area contributed by atoms with Gasteiger partial charge in [-0.3, -0.25) is 4.90 Å². The number of rotatable bonds is 6. The number of hydrogen-bond acceptors (Lipinski definition) is 2. The fourth-order valence-corrected chi connectivity index (χ4v) is 3.27. The second-order valence-corrected chi connectivity index (χ2v) is 5.98. The fraction of sp³-hybridized carbons (Fsp3) is 0.600. The quantitative estimate of drug-likeness (QED) is 0.839. The van der Waals surface area contributed by atoms with Crippen LogP contribution in [0.4, 0.5) is 0 Å². The van der Waals surface area contributed by atoms with Crippen molar-refractivity contribution in [3.8, 4) is 0 Å². The molecule has 2 nitrogen and oxygen atoms in total. The van der Waals surface area contributed by atoms with Crippen molar-refractivity contribution in [3.05, 3.63) is 33.8 Å². The summed E-state index contributed by atoms with van der Waals surface area (Å²) < 4.78 is 0. The maximum absolute atomic E-state index is 6.37. The van der Waals surface area contributed by atoms with Gasteiger partial charge in [-0.2, -0.15) is 0 Å². The summed E-state index contributed by atoms with van der Waals surface area (Å²) in [7, 11) is 1.97. The molecule has 0 aliphatic heterocycles. The first kappa shape index (κ1) is 16.8. The molecule has 0 heterocycles. The van der Waals surface area contributed by atoms with Gasteiger partial charge in [0.15, 0.2) is 0 Å². The average molecular weight is 303 g/mol. The Bertz CT molecular complexity index is 415. The highest BCUT2D eigenvalue weighted by atomic mass is 35.5. The van der Waals surface area contributed by atoms with Crippen molar-refractivity contribution < 1.29 is 0 Å². The van der Waals surface area contributed by atoms with E-state index in [1.807, 2.05) is 25.2 Å². The number of hydrogen-bond donors (Lipinski definition) is 1. The second kappa shape index (κ2) is 6.94. The molecule has 0 amide bonds. The molecule has 0 fully saturated rings. The van der Waals surface area contributed by atoms with Crippen LogP contribution < -0.4 is 5.32 Å². The van der Waals surface area contributed by atoms with Crippen LogP contribution in [0.5, 0.6) is 0 Å². The lowest BCUT2D eigenvalue weighted by Crippen LogP contribution is -2.52. The van der Waals surface area contributed by atoms with Crippen LogP contribution in [-0.2, 0) is 0 Å². The van der Waals surface area contributed by atoms with E-state index < -0.39 is 0 Å². The third-order valence-corrected chi connectivity index (χ3v) is 4.70. The Morgan fingerprint density at radius 1 is 1.21 bits per heavy atom. The van der Waals surface area contributed by atoms with Crippen LogP contribution in [0, 0.1) is 0 Å². The lowest BCUT2D eigenvalue weighted by Gasteiger charge is -2.43. The van der Waals surface area contributed by atoms with Crippen molar-refractivity contribution in [2.45, 2.75) is 39.3 Å². The monoisotopic (exact) mass is 302 g/mol. The zero-order valence-electron chi connectivity index (χ0n) is 12.4. The van der Waals surface area contributed by atoms with E-state index in [4.69, 9.17) is 23.2 Å². The van der Waals surface area contributed by atoms with Gasteiger partial charge >= 0.3 is 0 Å². The van der Waals surface area contributed by atoms with Gasteiger partial charge in [0, 0.05) is 5.54 Å². The number of nitrogens with zero attached hydrogens (tertiary/aromatic N) is 1. The predicted octanol–water partition coefficient (Wildman–Crippen LogP) is 4.37. The largest absolute Gasteiger partial charge is 0.311 e. The van der Waals surface area contributed by atoms with Crippen LogP contribution in [0.25, 0.3) is 0 Å². The second-order valence-electron chi connectivity index (χ2n) is 5.19. The molecule has 0 aliphatic carbocycles. The van der Waals surface area contributed by atoms with Crippen molar-refractivity contribution in [1.82, 2.24) is 10.2 Å². The minimum Gasteiger partial charge on any atom is -0.311 e. The molecule has 0 saturated carbocycles. The Balaban J connectivity index is 3.22. The molecule has 1 atom stereocenters. The molecule has 19 heavy (non-hydrogen) atoms. The van der Waals surface area contributed by atoms with Crippen molar-refractivity contribution in [3.63, 3.8) is 0 Å². The molecule has 0 radical (unpaired) electrons. The predicted molar refractivity (Wildman–Crippen MR) is 85.3 cm³/mol. The summed E-state index contributed by atoms with van der Waals surface area (Å²) in [5.41, 5.74) is 1.00. The Labute approximate surface area is 127 Å². The molecule has 1 unspecified atom stereocenters. The van der Waals surface area contributed by atoms with Gasteiger partial charge < -0.3 is 5.32 Å². The van der Waals surface area contributed by atoms with E-state index >= 15 is 0 Å². The van der Waals surface area contributed by atoms with E-state index in [9.17, 15) is 0 Å². The summed E-state index contributed by atoms with van der Waals surface area (Å²) >= 11 is 12.5. The van der Waals surface area contributed by atoms with Crippen LogP contribution in [0.15, 0.2) is 18.2 Å². The van der Waals surface area contributed by atoms with Gasteiger partial charge in [0.1, 0.15) is 0 Å². The van der Waals surface area contributed by atoms with Crippen LogP contribution >= 0.6 is 23.2 Å². The highest BCUT2D eigenvalue weighted by Gasteiger charge is 2.35. The third kappa shape index (κ3) is 3.43. The van der Waals surface area contributed by atoms with Gasteiger partial charge in [-0.1, -0.05) is 49.2 Å². The van der Waals surface area contributed by atoms with E-state index in [1.165, 1.54) is 0 Å². The first-order chi connectivity index (χ1) is 8.89. The molecular weight excluding hydrogens is 279 g/mol. The molecule has 1 aromatic rings. The molecule has 1 rings (SSSR count). The van der Waals surface area contributed by atoms with Crippen molar-refractivity contribution in [2.24, 2.45) is 0 Å². The average Bonchev–Trinajstić information content (AvgIpc) is 2.36. The SMILES string of the molecule is CCN(CC)C(C)(C)C(NC)c1cccc(Cl)c1Cl. The highest BCUT2D eigenvalue weighted by molar-refractivity contribution is 6.42. The van der Waals surface area contributed by atoms with Gasteiger partial charge in [-0.25, -0.2) is 0 Å². The lowest BCUT2D eigenvalue weighted by atomic mass is 9.86. The first-order valence-corrected chi connectivity index (χ1v) is 7.51. The molecule has 1 aromatic carbocycles. The van der Waals surface area contributed by atoms with Gasteiger partial charge in [0.2, 0.25) is 0 Å². The number of nitrogens with one attached hydrogen (secondary N) is 1. The van der Waals surface area contributed by atoms with Crippen molar-refractivity contribution >= 4 is 23.2 Å². The van der Waals surface area contributed by atoms with E-state index in [2.05, 4.69) is 37.9 Å². The Kier molecular flexibility index (Phi) is 6.13. The smallest absolute Gasteiger partial charge is 0.0640 e. The summed E-state index contributed by atoms with van der Waals surface area (Å²) in [6.07, 6.45) is 0. The Morgan fingerprint density at radius 2 is 1.79 bits per heavy atom. The highest BCUT2D eigenvalue weighted by Crippen LogP contribution is 2.37. The maximum atomic E-state index is 6.37. The van der Waals surface area contributed by atoms with E-state index in [1.54, 1.807) is 0 Å². The van der Waals surface area contributed by atoms with Crippen LogP contribution in [0.1, 0.15) is 39.3 Å². The van der Waals surface area contributed by atoms with Crippen LogP contribution in [0.3, 0.4) is 0 Å². The molecule has 0 spiro atoms. The van der Waals surface area contributed by atoms with Gasteiger partial charge in [-0.05, 0) is 45.6 Å². The molecule has 1 N–H and O–H groups in total. The molecule has 0 aliphatic rings. The van der Waals surface area contributed by atoms with E-state index in [0.29, 0.717) is 10.0 Å².